The van der Waals surface area contributed by atoms with Gasteiger partial charge in [-0.05, 0) is 10.2 Å². The molecule has 0 saturated carbocycles. The van der Waals surface area contributed by atoms with Gasteiger partial charge in [-0.15, -0.1) is 5.54 Å². The predicted molar refractivity (Wildman–Crippen MR) is 94.5 cm³/mol. The van der Waals surface area contributed by atoms with Crippen LogP contribution in [0.15, 0.2) is 30.3 Å². The first-order valence-corrected chi connectivity index (χ1v) is 13.3. The van der Waals surface area contributed by atoms with Crippen LogP contribution in [0.1, 0.15) is 20.8 Å². The minimum absolute atomic E-state index is 0.152. The number of aliphatic hydroxyl groups excluding tert-OH is 1. The first kappa shape index (κ1) is 17.2. The summed E-state index contributed by atoms with van der Waals surface area (Å²) in [5, 5.41) is 12.0. The zero-order valence-electron chi connectivity index (χ0n) is 13.9. The van der Waals surface area contributed by atoms with Crippen LogP contribution in [0, 0.1) is 11.5 Å². The van der Waals surface area contributed by atoms with Crippen molar-refractivity contribution in [3.8, 4) is 11.5 Å². The summed E-state index contributed by atoms with van der Waals surface area (Å²) in [6.45, 7) is 15.6. The molecule has 0 saturated heterocycles. The van der Waals surface area contributed by atoms with Gasteiger partial charge in [-0.2, -0.15) is 0 Å². The summed E-state index contributed by atoms with van der Waals surface area (Å²) in [4.78, 5) is 0. The molecule has 1 atom stereocenters. The van der Waals surface area contributed by atoms with Gasteiger partial charge in [0.05, 0.1) is 0 Å². The highest BCUT2D eigenvalue weighted by Crippen LogP contribution is 2.37. The minimum Gasteiger partial charge on any atom is -0.384 e. The standard InChI is InChI=1S/C17H28OSi2/c1-17(2,3)20(6,7)16(18)13-14-19(4,5)15-11-9-8-10-12-15/h8-12,16,18H,1-7H3. The van der Waals surface area contributed by atoms with E-state index in [1.165, 1.54) is 5.19 Å². The van der Waals surface area contributed by atoms with Gasteiger partial charge in [-0.1, -0.05) is 83.2 Å². The summed E-state index contributed by atoms with van der Waals surface area (Å²) in [5.41, 5.74) is 2.97. The quantitative estimate of drug-likeness (QED) is 0.654. The van der Waals surface area contributed by atoms with E-state index < -0.39 is 21.9 Å². The normalized spacial score (nSPS) is 14.4. The van der Waals surface area contributed by atoms with Crippen LogP contribution < -0.4 is 5.19 Å². The number of hydrogen-bond donors (Lipinski definition) is 1. The lowest BCUT2D eigenvalue weighted by Gasteiger charge is -2.38. The largest absolute Gasteiger partial charge is 0.384 e. The Morgan fingerprint density at radius 1 is 1.00 bits per heavy atom. The average Bonchev–Trinajstić information content (AvgIpc) is 2.35. The molecule has 0 aliphatic rings. The van der Waals surface area contributed by atoms with E-state index >= 15 is 0 Å². The molecule has 0 spiro atoms. The van der Waals surface area contributed by atoms with Gasteiger partial charge in [0, 0.05) is 0 Å². The fraction of sp³-hybridized carbons (Fsp3) is 0.529. The van der Waals surface area contributed by atoms with Crippen molar-refractivity contribution >= 4 is 21.3 Å². The van der Waals surface area contributed by atoms with E-state index in [1.807, 2.05) is 6.07 Å². The maximum absolute atomic E-state index is 10.5. The molecule has 1 N–H and O–H groups in total. The van der Waals surface area contributed by atoms with E-state index in [9.17, 15) is 5.11 Å². The molecule has 0 bridgehead atoms. The highest BCUT2D eigenvalue weighted by molar-refractivity contribution is 6.96. The molecule has 20 heavy (non-hydrogen) atoms. The van der Waals surface area contributed by atoms with Gasteiger partial charge in [0.1, 0.15) is 13.8 Å². The van der Waals surface area contributed by atoms with Crippen molar-refractivity contribution in [3.63, 3.8) is 0 Å². The molecule has 1 rings (SSSR count). The van der Waals surface area contributed by atoms with Crippen molar-refractivity contribution in [2.75, 3.05) is 0 Å². The number of rotatable bonds is 2. The Morgan fingerprint density at radius 2 is 1.50 bits per heavy atom. The maximum atomic E-state index is 10.5. The Hall–Kier alpha value is -0.826. The van der Waals surface area contributed by atoms with Crippen molar-refractivity contribution in [1.82, 2.24) is 0 Å². The first-order valence-electron chi connectivity index (χ1n) is 7.25. The van der Waals surface area contributed by atoms with Gasteiger partial charge in [-0.25, -0.2) is 0 Å². The molecule has 0 aliphatic heterocycles. The maximum Gasteiger partial charge on any atom is 0.162 e. The van der Waals surface area contributed by atoms with Crippen LogP contribution in [0.4, 0.5) is 0 Å². The molecule has 0 aliphatic carbocycles. The van der Waals surface area contributed by atoms with Crippen LogP contribution in [-0.2, 0) is 0 Å². The molecule has 0 heterocycles. The summed E-state index contributed by atoms with van der Waals surface area (Å²) in [5.74, 6) is 3.20. The summed E-state index contributed by atoms with van der Waals surface area (Å²) in [6.07, 6.45) is 0. The third-order valence-electron chi connectivity index (χ3n) is 4.63. The third-order valence-corrected chi connectivity index (χ3v) is 12.6. The van der Waals surface area contributed by atoms with Crippen molar-refractivity contribution in [2.24, 2.45) is 0 Å². The predicted octanol–water partition coefficient (Wildman–Crippen LogP) is 3.55. The zero-order valence-corrected chi connectivity index (χ0v) is 15.9. The third kappa shape index (κ3) is 3.85. The van der Waals surface area contributed by atoms with Crippen molar-refractivity contribution in [1.29, 1.82) is 0 Å². The van der Waals surface area contributed by atoms with Gasteiger partial charge in [0.25, 0.3) is 0 Å². The summed E-state index contributed by atoms with van der Waals surface area (Å²) in [6, 6.07) is 10.5. The van der Waals surface area contributed by atoms with Gasteiger partial charge in [0.2, 0.25) is 0 Å². The molecule has 0 fully saturated rings. The van der Waals surface area contributed by atoms with Crippen molar-refractivity contribution < 1.29 is 5.11 Å². The molecular weight excluding hydrogens is 276 g/mol. The smallest absolute Gasteiger partial charge is 0.162 e. The van der Waals surface area contributed by atoms with Crippen LogP contribution in [-0.4, -0.2) is 27.0 Å². The van der Waals surface area contributed by atoms with Gasteiger partial charge < -0.3 is 5.11 Å². The molecule has 1 unspecified atom stereocenters. The van der Waals surface area contributed by atoms with Gasteiger partial charge in [-0.3, -0.25) is 0 Å². The van der Waals surface area contributed by atoms with E-state index in [0.717, 1.165) is 0 Å². The average molecular weight is 305 g/mol. The van der Waals surface area contributed by atoms with Crippen LogP contribution in [0.2, 0.25) is 31.2 Å². The zero-order chi connectivity index (χ0) is 15.6. The van der Waals surface area contributed by atoms with Crippen LogP contribution in [0.5, 0.6) is 0 Å². The van der Waals surface area contributed by atoms with Crippen molar-refractivity contribution in [3.05, 3.63) is 30.3 Å². The second kappa shape index (κ2) is 5.89. The summed E-state index contributed by atoms with van der Waals surface area (Å²) >= 11 is 0. The molecule has 110 valence electrons. The lowest BCUT2D eigenvalue weighted by Crippen LogP contribution is -2.49. The lowest BCUT2D eigenvalue weighted by molar-refractivity contribution is 0.292. The first-order chi connectivity index (χ1) is 8.98. The Morgan fingerprint density at radius 3 is 1.95 bits per heavy atom. The van der Waals surface area contributed by atoms with E-state index in [4.69, 9.17) is 0 Å². The van der Waals surface area contributed by atoms with E-state index in [2.05, 4.69) is 82.7 Å². The monoisotopic (exact) mass is 304 g/mol. The highest BCUT2D eigenvalue weighted by Gasteiger charge is 2.41. The van der Waals surface area contributed by atoms with E-state index in [0.29, 0.717) is 0 Å². The van der Waals surface area contributed by atoms with Crippen molar-refractivity contribution in [2.45, 2.75) is 57.7 Å². The molecular formula is C17H28OSi2. The van der Waals surface area contributed by atoms with E-state index in [-0.39, 0.29) is 5.04 Å². The minimum atomic E-state index is -1.80. The van der Waals surface area contributed by atoms with E-state index in [1.54, 1.807) is 0 Å². The number of aliphatic hydroxyl groups is 1. The number of hydrogen-bond acceptors (Lipinski definition) is 1. The fourth-order valence-corrected chi connectivity index (χ4v) is 4.83. The Kier molecular flexibility index (Phi) is 5.07. The molecule has 1 aromatic carbocycles. The summed E-state index contributed by atoms with van der Waals surface area (Å²) < 4.78 is 0. The fourth-order valence-electron chi connectivity index (χ4n) is 1.77. The topological polar surface area (TPSA) is 20.2 Å². The van der Waals surface area contributed by atoms with Gasteiger partial charge >= 0.3 is 0 Å². The molecule has 1 aromatic rings. The SMILES string of the molecule is CC(C)(C)[Si](C)(C)C(O)C#C[Si](C)(C)c1ccccc1. The second-order valence-corrected chi connectivity index (χ2v) is 17.2. The van der Waals surface area contributed by atoms with Crippen LogP contribution in [0.25, 0.3) is 0 Å². The lowest BCUT2D eigenvalue weighted by atomic mass is 10.2. The summed E-state index contributed by atoms with van der Waals surface area (Å²) in [7, 11) is -3.58. The molecule has 3 heteroatoms. The molecule has 1 nitrogen and oxygen atoms in total. The molecule has 0 amide bonds. The Balaban J connectivity index is 3.00. The second-order valence-electron chi connectivity index (χ2n) is 7.63. The van der Waals surface area contributed by atoms with Crippen LogP contribution in [0.3, 0.4) is 0 Å². The Bertz CT molecular complexity index is 501. The molecule has 0 radical (unpaired) electrons. The molecule has 0 aromatic heterocycles. The van der Waals surface area contributed by atoms with Crippen LogP contribution >= 0.6 is 0 Å². The highest BCUT2D eigenvalue weighted by atomic mass is 28.3. The van der Waals surface area contributed by atoms with Gasteiger partial charge in [0.15, 0.2) is 8.07 Å². The number of benzene rings is 1. The Labute approximate surface area is 126 Å².